The molecule has 3 atom stereocenters. The molecule has 104 valence electrons. The topological polar surface area (TPSA) is 55.4 Å². The normalized spacial score (nSPS) is 27.9. The summed E-state index contributed by atoms with van der Waals surface area (Å²) in [6, 6.07) is 0. The zero-order valence-electron chi connectivity index (χ0n) is 11.9. The van der Waals surface area contributed by atoms with E-state index in [1.54, 1.807) is 0 Å². The second kappa shape index (κ2) is 6.76. The van der Waals surface area contributed by atoms with Gasteiger partial charge in [0.05, 0.1) is 7.11 Å². The van der Waals surface area contributed by atoms with E-state index in [1.165, 1.54) is 13.5 Å². The molecule has 0 aromatic carbocycles. The van der Waals surface area contributed by atoms with Gasteiger partial charge in [0.2, 0.25) is 5.91 Å². The molecule has 1 rings (SSSR count). The Bertz CT molecular complexity index is 301. The Kier molecular flexibility index (Phi) is 5.63. The maximum atomic E-state index is 12.2. The fraction of sp³-hybridized carbons (Fsp3) is 0.857. The lowest BCUT2D eigenvalue weighted by Crippen LogP contribution is -2.42. The molecule has 0 unspecified atom stereocenters. The zero-order chi connectivity index (χ0) is 13.7. The monoisotopic (exact) mass is 255 g/mol. The van der Waals surface area contributed by atoms with E-state index in [0.717, 1.165) is 12.8 Å². The molecule has 4 nitrogen and oxygen atoms in total. The predicted octanol–water partition coefficient (Wildman–Crippen LogP) is 1.98. The SMILES string of the molecule is COC(=O)CNC(=O)[C@@H]1C[C@H](C)CC[C@H]1C(C)C. The third-order valence-electron chi connectivity index (χ3n) is 3.99. The van der Waals surface area contributed by atoms with Crippen LogP contribution in [0.15, 0.2) is 0 Å². The van der Waals surface area contributed by atoms with Crippen LogP contribution < -0.4 is 5.32 Å². The van der Waals surface area contributed by atoms with Crippen LogP contribution in [0.2, 0.25) is 0 Å². The number of esters is 1. The highest BCUT2D eigenvalue weighted by Gasteiger charge is 2.35. The first-order valence-electron chi connectivity index (χ1n) is 6.80. The van der Waals surface area contributed by atoms with Gasteiger partial charge in [0.15, 0.2) is 0 Å². The smallest absolute Gasteiger partial charge is 0.325 e. The van der Waals surface area contributed by atoms with Crippen molar-refractivity contribution in [2.75, 3.05) is 13.7 Å². The number of nitrogens with one attached hydrogen (secondary N) is 1. The minimum Gasteiger partial charge on any atom is -0.468 e. The van der Waals surface area contributed by atoms with E-state index in [9.17, 15) is 9.59 Å². The van der Waals surface area contributed by atoms with E-state index in [4.69, 9.17) is 0 Å². The largest absolute Gasteiger partial charge is 0.468 e. The predicted molar refractivity (Wildman–Crippen MR) is 69.9 cm³/mol. The van der Waals surface area contributed by atoms with Crippen molar-refractivity contribution in [3.63, 3.8) is 0 Å². The number of rotatable bonds is 4. The Morgan fingerprint density at radius 3 is 2.56 bits per heavy atom. The molecule has 1 amide bonds. The molecular formula is C14H25NO3. The molecule has 0 radical (unpaired) electrons. The molecule has 0 heterocycles. The lowest BCUT2D eigenvalue weighted by molar-refractivity contribution is -0.142. The highest BCUT2D eigenvalue weighted by Crippen LogP contribution is 2.37. The van der Waals surface area contributed by atoms with Gasteiger partial charge >= 0.3 is 5.97 Å². The van der Waals surface area contributed by atoms with E-state index in [2.05, 4.69) is 30.8 Å². The van der Waals surface area contributed by atoms with Gasteiger partial charge in [-0.3, -0.25) is 9.59 Å². The summed E-state index contributed by atoms with van der Waals surface area (Å²) in [6.07, 6.45) is 3.23. The van der Waals surface area contributed by atoms with Gasteiger partial charge in [-0.2, -0.15) is 0 Å². The quantitative estimate of drug-likeness (QED) is 0.782. The van der Waals surface area contributed by atoms with Crippen LogP contribution in [0, 0.1) is 23.7 Å². The van der Waals surface area contributed by atoms with Crippen LogP contribution in [0.3, 0.4) is 0 Å². The fourth-order valence-corrected chi connectivity index (χ4v) is 2.87. The van der Waals surface area contributed by atoms with Crippen molar-refractivity contribution < 1.29 is 14.3 Å². The summed E-state index contributed by atoms with van der Waals surface area (Å²) in [4.78, 5) is 23.2. The molecule has 1 saturated carbocycles. The number of carbonyl (C=O) groups excluding carboxylic acids is 2. The first-order valence-corrected chi connectivity index (χ1v) is 6.80. The number of methoxy groups -OCH3 is 1. The number of hydrogen-bond acceptors (Lipinski definition) is 3. The zero-order valence-corrected chi connectivity index (χ0v) is 11.9. The molecule has 1 aliphatic rings. The number of carbonyl (C=O) groups is 2. The second-order valence-corrected chi connectivity index (χ2v) is 5.73. The van der Waals surface area contributed by atoms with E-state index in [0.29, 0.717) is 17.8 Å². The summed E-state index contributed by atoms with van der Waals surface area (Å²) in [5.74, 6) is 1.18. The second-order valence-electron chi connectivity index (χ2n) is 5.73. The lowest BCUT2D eigenvalue weighted by Gasteiger charge is -2.36. The van der Waals surface area contributed by atoms with Crippen LogP contribution in [0.4, 0.5) is 0 Å². The maximum Gasteiger partial charge on any atom is 0.325 e. The summed E-state index contributed by atoms with van der Waals surface area (Å²) in [5, 5.41) is 2.70. The first kappa shape index (κ1) is 15.0. The van der Waals surface area contributed by atoms with E-state index >= 15 is 0 Å². The Balaban J connectivity index is 2.58. The molecule has 0 spiro atoms. The van der Waals surface area contributed by atoms with Gasteiger partial charge in [0.25, 0.3) is 0 Å². The molecule has 1 fully saturated rings. The van der Waals surface area contributed by atoms with Crippen molar-refractivity contribution in [3.8, 4) is 0 Å². The summed E-state index contributed by atoms with van der Waals surface area (Å²) < 4.78 is 4.53. The molecule has 0 aromatic heterocycles. The lowest BCUT2D eigenvalue weighted by atomic mass is 9.70. The Morgan fingerprint density at radius 1 is 1.33 bits per heavy atom. The third kappa shape index (κ3) is 4.00. The molecule has 0 aromatic rings. The van der Waals surface area contributed by atoms with Crippen molar-refractivity contribution >= 4 is 11.9 Å². The maximum absolute atomic E-state index is 12.2. The Morgan fingerprint density at radius 2 is 2.00 bits per heavy atom. The summed E-state index contributed by atoms with van der Waals surface area (Å²) in [5.41, 5.74) is 0. The van der Waals surface area contributed by atoms with Crippen LogP contribution >= 0.6 is 0 Å². The van der Waals surface area contributed by atoms with Gasteiger partial charge in [-0.1, -0.05) is 27.2 Å². The molecule has 4 heteroatoms. The number of amides is 1. The van der Waals surface area contributed by atoms with Gasteiger partial charge in [-0.25, -0.2) is 0 Å². The average Bonchev–Trinajstić information content (AvgIpc) is 2.34. The Labute approximate surface area is 109 Å². The van der Waals surface area contributed by atoms with Gasteiger partial charge in [0, 0.05) is 5.92 Å². The minimum atomic E-state index is -0.395. The third-order valence-corrected chi connectivity index (χ3v) is 3.99. The van der Waals surface area contributed by atoms with E-state index in [1.807, 2.05) is 0 Å². The van der Waals surface area contributed by atoms with Crippen LogP contribution in [-0.4, -0.2) is 25.5 Å². The summed E-state index contributed by atoms with van der Waals surface area (Å²) in [6.45, 7) is 6.50. The van der Waals surface area contributed by atoms with Crippen molar-refractivity contribution in [2.24, 2.45) is 23.7 Å². The average molecular weight is 255 g/mol. The van der Waals surface area contributed by atoms with Crippen LogP contribution in [0.5, 0.6) is 0 Å². The van der Waals surface area contributed by atoms with Crippen molar-refractivity contribution in [3.05, 3.63) is 0 Å². The van der Waals surface area contributed by atoms with Gasteiger partial charge in [-0.15, -0.1) is 0 Å². The number of hydrogen-bond donors (Lipinski definition) is 1. The molecule has 0 bridgehead atoms. The number of ether oxygens (including phenoxy) is 1. The molecule has 1 N–H and O–H groups in total. The molecule has 0 aliphatic heterocycles. The van der Waals surface area contributed by atoms with Crippen molar-refractivity contribution in [2.45, 2.75) is 40.0 Å². The van der Waals surface area contributed by atoms with Crippen molar-refractivity contribution in [1.82, 2.24) is 5.32 Å². The standard InChI is InChI=1S/C14H25NO3/c1-9(2)11-6-5-10(3)7-12(11)14(17)15-8-13(16)18-4/h9-12H,5-8H2,1-4H3,(H,15,17)/t10-,11+,12-/m1/s1. The fourth-order valence-electron chi connectivity index (χ4n) is 2.87. The molecule has 0 saturated heterocycles. The summed E-state index contributed by atoms with van der Waals surface area (Å²) in [7, 11) is 1.33. The van der Waals surface area contributed by atoms with Crippen molar-refractivity contribution in [1.29, 1.82) is 0 Å². The van der Waals surface area contributed by atoms with Crippen LogP contribution in [0.25, 0.3) is 0 Å². The highest BCUT2D eigenvalue weighted by molar-refractivity contribution is 5.83. The Hall–Kier alpha value is -1.06. The molecular weight excluding hydrogens is 230 g/mol. The minimum absolute atomic E-state index is 0.00523. The van der Waals surface area contributed by atoms with Gasteiger partial charge < -0.3 is 10.1 Å². The van der Waals surface area contributed by atoms with Gasteiger partial charge in [-0.05, 0) is 30.6 Å². The molecule has 1 aliphatic carbocycles. The van der Waals surface area contributed by atoms with Crippen LogP contribution in [-0.2, 0) is 14.3 Å². The van der Waals surface area contributed by atoms with Gasteiger partial charge in [0.1, 0.15) is 6.54 Å². The van der Waals surface area contributed by atoms with E-state index < -0.39 is 5.97 Å². The molecule has 18 heavy (non-hydrogen) atoms. The van der Waals surface area contributed by atoms with Crippen LogP contribution in [0.1, 0.15) is 40.0 Å². The van der Waals surface area contributed by atoms with E-state index in [-0.39, 0.29) is 18.4 Å². The first-order chi connectivity index (χ1) is 8.45. The summed E-state index contributed by atoms with van der Waals surface area (Å²) >= 11 is 0. The highest BCUT2D eigenvalue weighted by atomic mass is 16.5.